The van der Waals surface area contributed by atoms with E-state index in [1.165, 1.54) is 16.7 Å². The first-order valence-corrected chi connectivity index (χ1v) is 9.95. The number of aliphatic carboxylic acids is 1. The average molecular weight is 389 g/mol. The Labute approximate surface area is 158 Å². The highest BCUT2D eigenvalue weighted by Gasteiger charge is 2.52. The van der Waals surface area contributed by atoms with Crippen molar-refractivity contribution >= 4 is 35.0 Å². The van der Waals surface area contributed by atoms with Gasteiger partial charge in [-0.15, -0.1) is 23.1 Å². The highest BCUT2D eigenvalue weighted by atomic mass is 32.2. The molecule has 4 heterocycles. The molecule has 134 valence electrons. The molecule has 9 heteroatoms. The van der Waals surface area contributed by atoms with Crippen LogP contribution in [0.2, 0.25) is 0 Å². The number of carboxylic acids is 1. The highest BCUT2D eigenvalue weighted by Crippen LogP contribution is 2.39. The van der Waals surface area contributed by atoms with Gasteiger partial charge in [0.05, 0.1) is 0 Å². The minimum Gasteiger partial charge on any atom is -0.477 e. The molecular formula is C17H17N4O3S2+. The van der Waals surface area contributed by atoms with Crippen LogP contribution in [0.1, 0.15) is 5.69 Å². The number of carbonyl (C=O) groups is 2. The van der Waals surface area contributed by atoms with Crippen LogP contribution in [0.15, 0.2) is 41.2 Å². The molecule has 2 aliphatic rings. The maximum atomic E-state index is 12.0. The van der Waals surface area contributed by atoms with Gasteiger partial charge in [-0.1, -0.05) is 0 Å². The summed E-state index contributed by atoms with van der Waals surface area (Å²) in [5.41, 5.74) is 8.57. The third-order valence-corrected chi connectivity index (χ3v) is 6.79. The third-order valence-electron chi connectivity index (χ3n) is 4.42. The Hall–Kier alpha value is -2.23. The SMILES string of the molecule is Cc1csc(-c2cc[n+](CC3=C(C(=O)O)N4C(=O)[C@@H](N)[C@@H]4SC3)cc2)n1. The van der Waals surface area contributed by atoms with Crippen LogP contribution in [0.25, 0.3) is 10.6 Å². The summed E-state index contributed by atoms with van der Waals surface area (Å²) in [5.74, 6) is -0.859. The number of hydrogen-bond donors (Lipinski definition) is 2. The number of thioether (sulfide) groups is 1. The summed E-state index contributed by atoms with van der Waals surface area (Å²) in [6.45, 7) is 2.37. The van der Waals surface area contributed by atoms with Gasteiger partial charge >= 0.3 is 5.97 Å². The fraction of sp³-hybridized carbons (Fsp3) is 0.294. The Bertz CT molecular complexity index is 922. The van der Waals surface area contributed by atoms with Gasteiger partial charge in [-0.2, -0.15) is 0 Å². The normalized spacial score (nSPS) is 22.2. The van der Waals surface area contributed by atoms with Gasteiger partial charge in [0.2, 0.25) is 5.91 Å². The number of carboxylic acid groups (broad SMARTS) is 1. The molecule has 0 bridgehead atoms. The lowest BCUT2D eigenvalue weighted by atomic mass is 10.0. The molecule has 26 heavy (non-hydrogen) atoms. The van der Waals surface area contributed by atoms with Crippen LogP contribution >= 0.6 is 23.1 Å². The molecule has 2 atom stereocenters. The van der Waals surface area contributed by atoms with Crippen molar-refractivity contribution in [3.63, 3.8) is 0 Å². The second-order valence-corrected chi connectivity index (χ2v) is 8.21. The Morgan fingerprint density at radius 2 is 2.19 bits per heavy atom. The number of rotatable bonds is 4. The predicted octanol–water partition coefficient (Wildman–Crippen LogP) is 0.987. The second-order valence-electron chi connectivity index (χ2n) is 6.25. The van der Waals surface area contributed by atoms with Crippen LogP contribution in [0.5, 0.6) is 0 Å². The van der Waals surface area contributed by atoms with Gasteiger partial charge in [-0.25, -0.2) is 14.3 Å². The van der Waals surface area contributed by atoms with Crippen LogP contribution in [0.3, 0.4) is 0 Å². The van der Waals surface area contributed by atoms with E-state index >= 15 is 0 Å². The largest absolute Gasteiger partial charge is 0.477 e. The summed E-state index contributed by atoms with van der Waals surface area (Å²) in [6.07, 6.45) is 3.80. The Kier molecular flexibility index (Phi) is 4.29. The zero-order valence-corrected chi connectivity index (χ0v) is 15.6. The summed E-state index contributed by atoms with van der Waals surface area (Å²) in [6, 6.07) is 3.32. The summed E-state index contributed by atoms with van der Waals surface area (Å²) < 4.78 is 1.91. The third kappa shape index (κ3) is 2.81. The number of pyridine rings is 1. The minimum atomic E-state index is -1.08. The van der Waals surface area contributed by atoms with E-state index in [0.29, 0.717) is 17.9 Å². The molecule has 0 aliphatic carbocycles. The first-order chi connectivity index (χ1) is 12.5. The molecule has 0 saturated carbocycles. The predicted molar refractivity (Wildman–Crippen MR) is 98.2 cm³/mol. The number of aryl methyl sites for hydroxylation is 1. The number of β-lactam (4-membered cyclic amide) rings is 1. The van der Waals surface area contributed by atoms with Crippen molar-refractivity contribution in [3.05, 3.63) is 46.9 Å². The van der Waals surface area contributed by atoms with Crippen molar-refractivity contribution in [2.24, 2.45) is 5.73 Å². The molecule has 1 saturated heterocycles. The number of thiazole rings is 1. The first kappa shape index (κ1) is 17.2. The highest BCUT2D eigenvalue weighted by molar-refractivity contribution is 8.00. The van der Waals surface area contributed by atoms with Gasteiger partial charge in [0.15, 0.2) is 18.9 Å². The summed E-state index contributed by atoms with van der Waals surface area (Å²) in [4.78, 5) is 29.5. The van der Waals surface area contributed by atoms with Crippen molar-refractivity contribution in [2.75, 3.05) is 5.75 Å². The number of hydrogen-bond acceptors (Lipinski definition) is 6. The lowest BCUT2D eigenvalue weighted by molar-refractivity contribution is -0.689. The fourth-order valence-corrected chi connectivity index (χ4v) is 5.20. The standard InChI is InChI=1S/C17H16N4O3S2/c1-9-7-25-14(19-9)10-2-4-20(5-3-10)6-11-8-26-16-12(18)15(22)21(16)13(11)17(23)24/h2-5,7,12,16H,6,8,18H2,1H3/p+1/t12-,16+/m1/s1. The first-order valence-electron chi connectivity index (χ1n) is 8.03. The van der Waals surface area contributed by atoms with Gasteiger partial charge in [-0.05, 0) is 6.92 Å². The number of nitrogens with two attached hydrogens (primary N) is 1. The summed E-state index contributed by atoms with van der Waals surface area (Å²) >= 11 is 3.10. The van der Waals surface area contributed by atoms with E-state index < -0.39 is 12.0 Å². The van der Waals surface area contributed by atoms with Gasteiger partial charge < -0.3 is 10.8 Å². The molecular weight excluding hydrogens is 372 g/mol. The van der Waals surface area contributed by atoms with Crippen molar-refractivity contribution in [1.29, 1.82) is 0 Å². The molecule has 4 rings (SSSR count). The zero-order chi connectivity index (χ0) is 18.4. The van der Waals surface area contributed by atoms with E-state index in [2.05, 4.69) is 4.98 Å². The molecule has 0 aromatic carbocycles. The van der Waals surface area contributed by atoms with E-state index in [1.54, 1.807) is 11.3 Å². The molecule has 2 aromatic heterocycles. The molecule has 0 unspecified atom stereocenters. The number of amides is 1. The molecule has 1 amide bonds. The molecule has 3 N–H and O–H groups in total. The number of carbonyl (C=O) groups excluding carboxylic acids is 1. The minimum absolute atomic E-state index is 0.0765. The van der Waals surface area contributed by atoms with Crippen LogP contribution in [0.4, 0.5) is 0 Å². The lowest BCUT2D eigenvalue weighted by Crippen LogP contribution is -2.68. The molecule has 0 spiro atoms. The fourth-order valence-electron chi connectivity index (χ4n) is 3.11. The van der Waals surface area contributed by atoms with Crippen molar-refractivity contribution in [3.8, 4) is 10.6 Å². The summed E-state index contributed by atoms with van der Waals surface area (Å²) in [5, 5.41) is 12.3. The number of fused-ring (bicyclic) bond motifs is 1. The van der Waals surface area contributed by atoms with Crippen molar-refractivity contribution < 1.29 is 19.3 Å². The Morgan fingerprint density at radius 3 is 2.81 bits per heavy atom. The molecule has 1 fully saturated rings. The van der Waals surface area contributed by atoms with Gasteiger partial charge in [-0.3, -0.25) is 9.69 Å². The van der Waals surface area contributed by atoms with E-state index in [0.717, 1.165) is 16.3 Å². The average Bonchev–Trinajstić information content (AvgIpc) is 3.07. The van der Waals surface area contributed by atoms with Crippen LogP contribution < -0.4 is 10.3 Å². The molecule has 2 aromatic rings. The van der Waals surface area contributed by atoms with E-state index in [1.807, 2.05) is 41.4 Å². The second kappa shape index (κ2) is 6.49. The van der Waals surface area contributed by atoms with E-state index in [9.17, 15) is 14.7 Å². The van der Waals surface area contributed by atoms with Crippen molar-refractivity contribution in [1.82, 2.24) is 9.88 Å². The number of aromatic nitrogens is 2. The van der Waals surface area contributed by atoms with Crippen molar-refractivity contribution in [2.45, 2.75) is 24.9 Å². The van der Waals surface area contributed by atoms with E-state index in [-0.39, 0.29) is 17.0 Å². The monoisotopic (exact) mass is 389 g/mol. The topological polar surface area (TPSA) is 100 Å². The molecule has 0 radical (unpaired) electrons. The van der Waals surface area contributed by atoms with Gasteiger partial charge in [0.1, 0.15) is 22.1 Å². The van der Waals surface area contributed by atoms with Crippen LogP contribution in [-0.2, 0) is 16.1 Å². The summed E-state index contributed by atoms with van der Waals surface area (Å²) in [7, 11) is 0. The van der Waals surface area contributed by atoms with Gasteiger partial charge in [0, 0.05) is 40.1 Å². The quantitative estimate of drug-likeness (QED) is 0.597. The maximum absolute atomic E-state index is 12.0. The Balaban J connectivity index is 1.59. The smallest absolute Gasteiger partial charge is 0.352 e. The van der Waals surface area contributed by atoms with Crippen LogP contribution in [0, 0.1) is 6.92 Å². The molecule has 2 aliphatic heterocycles. The molecule has 7 nitrogen and oxygen atoms in total. The van der Waals surface area contributed by atoms with Gasteiger partial charge in [0.25, 0.3) is 0 Å². The van der Waals surface area contributed by atoms with E-state index in [4.69, 9.17) is 5.73 Å². The lowest BCUT2D eigenvalue weighted by Gasteiger charge is -2.47. The number of nitrogens with zero attached hydrogens (tertiary/aromatic N) is 3. The maximum Gasteiger partial charge on any atom is 0.352 e. The van der Waals surface area contributed by atoms with Crippen LogP contribution in [-0.4, -0.2) is 44.0 Å². The Morgan fingerprint density at radius 1 is 1.46 bits per heavy atom. The zero-order valence-electron chi connectivity index (χ0n) is 14.0.